The quantitative estimate of drug-likeness (QED) is 0.775. The smallest absolute Gasteiger partial charge is 0.237 e. The molecule has 4 heteroatoms. The van der Waals surface area contributed by atoms with Crippen molar-refractivity contribution in [2.24, 2.45) is 0 Å². The summed E-state index contributed by atoms with van der Waals surface area (Å²) in [4.78, 5) is 15.1. The summed E-state index contributed by atoms with van der Waals surface area (Å²) < 4.78 is 0. The first kappa shape index (κ1) is 18.0. The van der Waals surface area contributed by atoms with Crippen LogP contribution in [-0.4, -0.2) is 41.7 Å². The zero-order chi connectivity index (χ0) is 16.5. The summed E-state index contributed by atoms with van der Waals surface area (Å²) in [6, 6.07) is 10.1. The third-order valence-corrected chi connectivity index (χ3v) is 4.60. The van der Waals surface area contributed by atoms with Gasteiger partial charge in [-0.25, -0.2) is 0 Å². The van der Waals surface area contributed by atoms with Gasteiger partial charge in [-0.3, -0.25) is 9.69 Å². The molecule has 2 rings (SSSR count). The van der Waals surface area contributed by atoms with E-state index in [2.05, 4.69) is 17.1 Å². The van der Waals surface area contributed by atoms with Crippen molar-refractivity contribution in [2.45, 2.75) is 57.5 Å². The summed E-state index contributed by atoms with van der Waals surface area (Å²) >= 11 is 0. The van der Waals surface area contributed by atoms with Gasteiger partial charge in [-0.1, -0.05) is 43.7 Å². The van der Waals surface area contributed by atoms with E-state index in [0.29, 0.717) is 6.42 Å². The van der Waals surface area contributed by atoms with Crippen LogP contribution in [0.15, 0.2) is 30.3 Å². The lowest BCUT2D eigenvalue weighted by Gasteiger charge is -2.35. The summed E-state index contributed by atoms with van der Waals surface area (Å²) in [5.74, 6) is 0.143. The predicted molar refractivity (Wildman–Crippen MR) is 93.1 cm³/mol. The van der Waals surface area contributed by atoms with Gasteiger partial charge < -0.3 is 10.4 Å². The molecule has 128 valence electrons. The van der Waals surface area contributed by atoms with Crippen molar-refractivity contribution in [1.82, 2.24) is 10.2 Å². The Bertz CT molecular complexity index is 462. The van der Waals surface area contributed by atoms with Crippen molar-refractivity contribution in [2.75, 3.05) is 19.7 Å². The summed E-state index contributed by atoms with van der Waals surface area (Å²) in [7, 11) is 0. The number of carbonyl (C=O) groups is 1. The van der Waals surface area contributed by atoms with Gasteiger partial charge in [-0.05, 0) is 50.8 Å². The standard InChI is InChI=1S/C19H30N2O2/c1-2-13-21-14-7-6-12-18(21)19(23)20-17(11-8-15-22)16-9-4-3-5-10-16/h3-5,9-10,17-18,22H,2,6-8,11-15H2,1H3,(H,20,23). The Labute approximate surface area is 139 Å². The van der Waals surface area contributed by atoms with Crippen LogP contribution in [0.5, 0.6) is 0 Å². The van der Waals surface area contributed by atoms with E-state index in [1.807, 2.05) is 30.3 Å². The molecule has 1 heterocycles. The first-order valence-electron chi connectivity index (χ1n) is 8.96. The fourth-order valence-electron chi connectivity index (χ4n) is 3.41. The topological polar surface area (TPSA) is 52.6 Å². The number of piperidine rings is 1. The van der Waals surface area contributed by atoms with Gasteiger partial charge in [0.25, 0.3) is 0 Å². The molecule has 2 N–H and O–H groups in total. The van der Waals surface area contributed by atoms with Gasteiger partial charge in [0.15, 0.2) is 0 Å². The molecule has 0 aliphatic carbocycles. The second-order valence-electron chi connectivity index (χ2n) is 6.39. The van der Waals surface area contributed by atoms with Crippen LogP contribution >= 0.6 is 0 Å². The molecule has 0 aromatic heterocycles. The van der Waals surface area contributed by atoms with E-state index in [4.69, 9.17) is 5.11 Å². The molecular formula is C19H30N2O2. The molecule has 0 radical (unpaired) electrons. The summed E-state index contributed by atoms with van der Waals surface area (Å²) in [6.45, 7) is 4.34. The number of nitrogens with one attached hydrogen (secondary N) is 1. The van der Waals surface area contributed by atoms with Crippen molar-refractivity contribution in [3.63, 3.8) is 0 Å². The van der Waals surface area contributed by atoms with Crippen LogP contribution in [-0.2, 0) is 4.79 Å². The highest BCUT2D eigenvalue weighted by Crippen LogP contribution is 2.22. The van der Waals surface area contributed by atoms with Crippen LogP contribution in [0, 0.1) is 0 Å². The molecule has 4 nitrogen and oxygen atoms in total. The average Bonchev–Trinajstić information content (AvgIpc) is 2.60. The molecule has 1 fully saturated rings. The molecule has 1 aliphatic heterocycles. The number of amides is 1. The molecule has 1 aliphatic rings. The molecular weight excluding hydrogens is 288 g/mol. The Kier molecular flexibility index (Phi) is 7.56. The minimum Gasteiger partial charge on any atom is -0.396 e. The number of hydrogen-bond acceptors (Lipinski definition) is 3. The number of benzene rings is 1. The van der Waals surface area contributed by atoms with Crippen molar-refractivity contribution >= 4 is 5.91 Å². The maximum absolute atomic E-state index is 12.8. The SMILES string of the molecule is CCCN1CCCCC1C(=O)NC(CCCO)c1ccccc1. The number of aliphatic hydroxyl groups is 1. The van der Waals surface area contributed by atoms with Crippen LogP contribution in [0.25, 0.3) is 0 Å². The largest absolute Gasteiger partial charge is 0.396 e. The highest BCUT2D eigenvalue weighted by molar-refractivity contribution is 5.82. The fraction of sp³-hybridized carbons (Fsp3) is 0.632. The highest BCUT2D eigenvalue weighted by atomic mass is 16.3. The second-order valence-corrected chi connectivity index (χ2v) is 6.39. The Morgan fingerprint density at radius 3 is 2.83 bits per heavy atom. The lowest BCUT2D eigenvalue weighted by Crippen LogP contribution is -2.50. The Morgan fingerprint density at radius 2 is 2.13 bits per heavy atom. The summed E-state index contributed by atoms with van der Waals surface area (Å²) in [6.07, 6.45) is 5.82. The van der Waals surface area contributed by atoms with Crippen LogP contribution in [0.3, 0.4) is 0 Å². The number of carbonyl (C=O) groups excluding carboxylic acids is 1. The van der Waals surface area contributed by atoms with Gasteiger partial charge in [-0.2, -0.15) is 0 Å². The maximum atomic E-state index is 12.8. The number of nitrogens with zero attached hydrogens (tertiary/aromatic N) is 1. The second kappa shape index (κ2) is 9.68. The van der Waals surface area contributed by atoms with Crippen molar-refractivity contribution in [3.05, 3.63) is 35.9 Å². The predicted octanol–water partition coefficient (Wildman–Crippen LogP) is 2.88. The molecule has 1 saturated heterocycles. The van der Waals surface area contributed by atoms with E-state index in [-0.39, 0.29) is 24.6 Å². The average molecular weight is 318 g/mol. The van der Waals surface area contributed by atoms with Crippen LogP contribution < -0.4 is 5.32 Å². The molecule has 23 heavy (non-hydrogen) atoms. The number of aliphatic hydroxyl groups excluding tert-OH is 1. The number of likely N-dealkylation sites (tertiary alicyclic amines) is 1. The van der Waals surface area contributed by atoms with Crippen molar-refractivity contribution < 1.29 is 9.90 Å². The lowest BCUT2D eigenvalue weighted by molar-refractivity contribution is -0.128. The molecule has 2 atom stereocenters. The summed E-state index contributed by atoms with van der Waals surface area (Å²) in [5, 5.41) is 12.4. The van der Waals surface area contributed by atoms with Gasteiger partial charge >= 0.3 is 0 Å². The maximum Gasteiger partial charge on any atom is 0.237 e. The zero-order valence-corrected chi connectivity index (χ0v) is 14.2. The third-order valence-electron chi connectivity index (χ3n) is 4.60. The van der Waals surface area contributed by atoms with Gasteiger partial charge in [0.2, 0.25) is 5.91 Å². The van der Waals surface area contributed by atoms with E-state index in [1.165, 1.54) is 6.42 Å². The first-order chi connectivity index (χ1) is 11.3. The minimum absolute atomic E-state index is 0.00374. The van der Waals surface area contributed by atoms with Crippen LogP contribution in [0.2, 0.25) is 0 Å². The van der Waals surface area contributed by atoms with E-state index >= 15 is 0 Å². The molecule has 0 spiro atoms. The first-order valence-corrected chi connectivity index (χ1v) is 8.96. The molecule has 1 amide bonds. The minimum atomic E-state index is -0.0127. The van der Waals surface area contributed by atoms with Gasteiger partial charge in [0, 0.05) is 6.61 Å². The van der Waals surface area contributed by atoms with Gasteiger partial charge in [0.1, 0.15) is 0 Å². The monoisotopic (exact) mass is 318 g/mol. The van der Waals surface area contributed by atoms with Crippen LogP contribution in [0.4, 0.5) is 0 Å². The van der Waals surface area contributed by atoms with E-state index in [1.54, 1.807) is 0 Å². The molecule has 2 unspecified atom stereocenters. The van der Waals surface area contributed by atoms with Gasteiger partial charge in [-0.15, -0.1) is 0 Å². The Morgan fingerprint density at radius 1 is 1.35 bits per heavy atom. The van der Waals surface area contributed by atoms with Crippen LogP contribution in [0.1, 0.15) is 57.1 Å². The third kappa shape index (κ3) is 5.33. The molecule has 0 saturated carbocycles. The summed E-state index contributed by atoms with van der Waals surface area (Å²) in [5.41, 5.74) is 1.12. The Balaban J connectivity index is 2.03. The molecule has 1 aromatic carbocycles. The number of hydrogen-bond donors (Lipinski definition) is 2. The lowest BCUT2D eigenvalue weighted by atomic mass is 9.98. The number of rotatable bonds is 8. The van der Waals surface area contributed by atoms with Crippen molar-refractivity contribution in [1.29, 1.82) is 0 Å². The van der Waals surface area contributed by atoms with E-state index in [9.17, 15) is 4.79 Å². The zero-order valence-electron chi connectivity index (χ0n) is 14.2. The highest BCUT2D eigenvalue weighted by Gasteiger charge is 2.29. The fourth-order valence-corrected chi connectivity index (χ4v) is 3.41. The normalized spacial score (nSPS) is 20.2. The molecule has 0 bridgehead atoms. The van der Waals surface area contributed by atoms with E-state index in [0.717, 1.165) is 44.3 Å². The van der Waals surface area contributed by atoms with Crippen molar-refractivity contribution in [3.8, 4) is 0 Å². The Hall–Kier alpha value is -1.39. The van der Waals surface area contributed by atoms with E-state index < -0.39 is 0 Å². The van der Waals surface area contributed by atoms with Gasteiger partial charge in [0.05, 0.1) is 12.1 Å². The molecule has 1 aromatic rings.